The Kier molecular flexibility index (Phi) is 4.17. The molecule has 2 aromatic rings. The van der Waals surface area contributed by atoms with E-state index in [2.05, 4.69) is 28.2 Å². The highest BCUT2D eigenvalue weighted by molar-refractivity contribution is 5.69. The predicted molar refractivity (Wildman–Crippen MR) is 99.8 cm³/mol. The Morgan fingerprint density at radius 2 is 1.85 bits per heavy atom. The highest BCUT2D eigenvalue weighted by atomic mass is 16.6. The van der Waals surface area contributed by atoms with Crippen molar-refractivity contribution >= 4 is 6.09 Å². The van der Waals surface area contributed by atoms with Crippen molar-refractivity contribution in [2.45, 2.75) is 58.1 Å². The van der Waals surface area contributed by atoms with E-state index in [1.54, 1.807) is 4.90 Å². The summed E-state index contributed by atoms with van der Waals surface area (Å²) in [6.07, 6.45) is 6.88. The SMILES string of the molecule is CC(C)(C)OC(=O)N1CCc2cc(-c3cnc(C4CC4)nc3)ccc2C1. The van der Waals surface area contributed by atoms with E-state index in [1.165, 1.54) is 24.0 Å². The molecule has 0 radical (unpaired) electrons. The molecule has 26 heavy (non-hydrogen) atoms. The normalized spacial score (nSPS) is 17.0. The number of hydrogen-bond acceptors (Lipinski definition) is 4. The van der Waals surface area contributed by atoms with Gasteiger partial charge in [-0.2, -0.15) is 0 Å². The van der Waals surface area contributed by atoms with Gasteiger partial charge in [-0.1, -0.05) is 18.2 Å². The Hall–Kier alpha value is -2.43. The Bertz CT molecular complexity index is 820. The first-order valence-corrected chi connectivity index (χ1v) is 9.31. The van der Waals surface area contributed by atoms with Gasteiger partial charge in [0.1, 0.15) is 11.4 Å². The maximum Gasteiger partial charge on any atom is 0.410 e. The van der Waals surface area contributed by atoms with E-state index >= 15 is 0 Å². The van der Waals surface area contributed by atoms with E-state index in [1.807, 2.05) is 33.2 Å². The van der Waals surface area contributed by atoms with Crippen LogP contribution in [0.3, 0.4) is 0 Å². The fourth-order valence-electron chi connectivity index (χ4n) is 3.25. The first-order chi connectivity index (χ1) is 12.4. The number of ether oxygens (including phenoxy) is 1. The molecule has 0 N–H and O–H groups in total. The van der Waals surface area contributed by atoms with E-state index in [-0.39, 0.29) is 6.09 Å². The topological polar surface area (TPSA) is 55.3 Å². The fraction of sp³-hybridized carbons (Fsp3) is 0.476. The number of amides is 1. The summed E-state index contributed by atoms with van der Waals surface area (Å²) in [5.74, 6) is 1.55. The Morgan fingerprint density at radius 1 is 1.12 bits per heavy atom. The van der Waals surface area contributed by atoms with E-state index in [0.717, 1.165) is 23.4 Å². The maximum absolute atomic E-state index is 12.3. The molecule has 1 aliphatic carbocycles. The van der Waals surface area contributed by atoms with Gasteiger partial charge in [-0.15, -0.1) is 0 Å². The zero-order chi connectivity index (χ0) is 18.3. The van der Waals surface area contributed by atoms with Crippen molar-refractivity contribution in [2.75, 3.05) is 6.54 Å². The van der Waals surface area contributed by atoms with Crippen molar-refractivity contribution in [2.24, 2.45) is 0 Å². The van der Waals surface area contributed by atoms with Crippen molar-refractivity contribution in [3.63, 3.8) is 0 Å². The number of rotatable bonds is 2. The summed E-state index contributed by atoms with van der Waals surface area (Å²) >= 11 is 0. The van der Waals surface area contributed by atoms with Gasteiger partial charge in [0.2, 0.25) is 0 Å². The third-order valence-electron chi connectivity index (χ3n) is 4.82. The second kappa shape index (κ2) is 6.38. The lowest BCUT2D eigenvalue weighted by Gasteiger charge is -2.31. The smallest absolute Gasteiger partial charge is 0.410 e. The van der Waals surface area contributed by atoms with Gasteiger partial charge in [-0.25, -0.2) is 14.8 Å². The molecule has 1 aliphatic heterocycles. The lowest BCUT2D eigenvalue weighted by atomic mass is 9.95. The summed E-state index contributed by atoms with van der Waals surface area (Å²) in [5, 5.41) is 0. The van der Waals surface area contributed by atoms with Crippen LogP contribution >= 0.6 is 0 Å². The van der Waals surface area contributed by atoms with Crippen LogP contribution in [0.5, 0.6) is 0 Å². The van der Waals surface area contributed by atoms with E-state index in [4.69, 9.17) is 4.74 Å². The van der Waals surface area contributed by atoms with Gasteiger partial charge in [0.05, 0.1) is 0 Å². The molecular weight excluding hydrogens is 326 g/mol. The number of fused-ring (bicyclic) bond motifs is 1. The highest BCUT2D eigenvalue weighted by Gasteiger charge is 2.27. The number of aromatic nitrogens is 2. The van der Waals surface area contributed by atoms with Gasteiger partial charge in [0.25, 0.3) is 0 Å². The predicted octanol–water partition coefficient (Wildman–Crippen LogP) is 4.31. The number of hydrogen-bond donors (Lipinski definition) is 0. The Balaban J connectivity index is 1.49. The summed E-state index contributed by atoms with van der Waals surface area (Å²) in [6, 6.07) is 6.40. The largest absolute Gasteiger partial charge is 0.444 e. The van der Waals surface area contributed by atoms with Crippen LogP contribution in [0.25, 0.3) is 11.1 Å². The van der Waals surface area contributed by atoms with Gasteiger partial charge in [-0.05, 0) is 56.7 Å². The molecule has 0 atom stereocenters. The molecule has 0 spiro atoms. The molecule has 1 aromatic carbocycles. The molecule has 4 rings (SSSR count). The third-order valence-corrected chi connectivity index (χ3v) is 4.82. The van der Waals surface area contributed by atoms with Gasteiger partial charge < -0.3 is 9.64 Å². The average Bonchev–Trinajstić information content (AvgIpc) is 3.44. The lowest BCUT2D eigenvalue weighted by molar-refractivity contribution is 0.0224. The summed E-state index contributed by atoms with van der Waals surface area (Å²) in [5.41, 5.74) is 4.19. The molecule has 1 fully saturated rings. The minimum Gasteiger partial charge on any atom is -0.444 e. The molecule has 1 saturated carbocycles. The molecule has 0 unspecified atom stereocenters. The second-order valence-electron chi connectivity index (χ2n) is 8.24. The maximum atomic E-state index is 12.3. The number of carbonyl (C=O) groups excluding carboxylic acids is 1. The van der Waals surface area contributed by atoms with Crippen LogP contribution in [0.2, 0.25) is 0 Å². The van der Waals surface area contributed by atoms with Crippen LogP contribution in [0.4, 0.5) is 4.79 Å². The highest BCUT2D eigenvalue weighted by Crippen LogP contribution is 2.38. The standard InChI is InChI=1S/C21H25N3O2/c1-21(2,3)26-20(25)24-9-8-16-10-15(6-7-17(16)13-24)18-11-22-19(23-12-18)14-4-5-14/h6-7,10-12,14H,4-5,8-9,13H2,1-3H3. The van der Waals surface area contributed by atoms with Crippen molar-refractivity contribution in [3.8, 4) is 11.1 Å². The lowest BCUT2D eigenvalue weighted by Crippen LogP contribution is -2.39. The molecule has 5 heteroatoms. The van der Waals surface area contributed by atoms with Crippen molar-refractivity contribution in [1.29, 1.82) is 0 Å². The first kappa shape index (κ1) is 17.0. The fourth-order valence-corrected chi connectivity index (χ4v) is 3.25. The van der Waals surface area contributed by atoms with Crippen LogP contribution in [0.1, 0.15) is 56.5 Å². The van der Waals surface area contributed by atoms with Crippen molar-refractivity contribution in [3.05, 3.63) is 47.5 Å². The molecular formula is C21H25N3O2. The first-order valence-electron chi connectivity index (χ1n) is 9.31. The van der Waals surface area contributed by atoms with Crippen LogP contribution in [-0.4, -0.2) is 33.1 Å². The molecule has 1 aromatic heterocycles. The van der Waals surface area contributed by atoms with Gasteiger partial charge in [0, 0.05) is 37.0 Å². The number of nitrogens with zero attached hydrogens (tertiary/aromatic N) is 3. The molecule has 1 amide bonds. The molecule has 136 valence electrons. The average molecular weight is 351 g/mol. The van der Waals surface area contributed by atoms with E-state index in [9.17, 15) is 4.79 Å². The van der Waals surface area contributed by atoms with Gasteiger partial charge in [0.15, 0.2) is 0 Å². The van der Waals surface area contributed by atoms with Crippen molar-refractivity contribution in [1.82, 2.24) is 14.9 Å². The quantitative estimate of drug-likeness (QED) is 0.809. The summed E-state index contributed by atoms with van der Waals surface area (Å²) in [4.78, 5) is 23.1. The Labute approximate surface area is 154 Å². The monoisotopic (exact) mass is 351 g/mol. The molecule has 0 bridgehead atoms. The molecule has 5 nitrogen and oxygen atoms in total. The zero-order valence-electron chi connectivity index (χ0n) is 15.7. The minimum absolute atomic E-state index is 0.240. The van der Waals surface area contributed by atoms with Gasteiger partial charge in [-0.3, -0.25) is 0 Å². The zero-order valence-corrected chi connectivity index (χ0v) is 15.7. The van der Waals surface area contributed by atoms with Gasteiger partial charge >= 0.3 is 6.09 Å². The molecule has 0 saturated heterocycles. The van der Waals surface area contributed by atoms with E-state index < -0.39 is 5.60 Å². The molecule has 2 aliphatic rings. The minimum atomic E-state index is -0.464. The number of carbonyl (C=O) groups is 1. The van der Waals surface area contributed by atoms with Crippen LogP contribution in [0, 0.1) is 0 Å². The van der Waals surface area contributed by atoms with Crippen LogP contribution in [0.15, 0.2) is 30.6 Å². The summed E-state index contributed by atoms with van der Waals surface area (Å²) in [7, 11) is 0. The number of benzene rings is 1. The second-order valence-corrected chi connectivity index (χ2v) is 8.24. The van der Waals surface area contributed by atoms with E-state index in [0.29, 0.717) is 19.0 Å². The third kappa shape index (κ3) is 3.71. The van der Waals surface area contributed by atoms with Crippen molar-refractivity contribution < 1.29 is 9.53 Å². The van der Waals surface area contributed by atoms with Crippen LogP contribution in [-0.2, 0) is 17.7 Å². The summed E-state index contributed by atoms with van der Waals surface area (Å²) < 4.78 is 5.49. The van der Waals surface area contributed by atoms with Crippen LogP contribution < -0.4 is 0 Å². The molecule has 2 heterocycles. The summed E-state index contributed by atoms with van der Waals surface area (Å²) in [6.45, 7) is 6.97. The Morgan fingerprint density at radius 3 is 2.50 bits per heavy atom.